The van der Waals surface area contributed by atoms with E-state index in [0.717, 1.165) is 5.69 Å². The minimum absolute atomic E-state index is 0.0826. The predicted octanol–water partition coefficient (Wildman–Crippen LogP) is 5.31. The summed E-state index contributed by atoms with van der Waals surface area (Å²) in [6.45, 7) is 4.70. The molecule has 0 atom stereocenters. The van der Waals surface area contributed by atoms with Crippen molar-refractivity contribution in [2.24, 2.45) is 10.9 Å². The highest BCUT2D eigenvalue weighted by molar-refractivity contribution is 8.18. The Morgan fingerprint density at radius 2 is 1.96 bits per heavy atom. The van der Waals surface area contributed by atoms with E-state index in [1.165, 1.54) is 17.8 Å². The maximum Gasteiger partial charge on any atom is 0.266 e. The maximum absolute atomic E-state index is 12.9. The number of nitrogens with zero attached hydrogens (tertiary/aromatic N) is 2. The van der Waals surface area contributed by atoms with Crippen molar-refractivity contribution in [2.45, 2.75) is 13.8 Å². The van der Waals surface area contributed by atoms with Crippen molar-refractivity contribution in [3.05, 3.63) is 64.0 Å². The van der Waals surface area contributed by atoms with Gasteiger partial charge in [0.05, 0.1) is 10.6 Å². The summed E-state index contributed by atoms with van der Waals surface area (Å²) >= 11 is 7.31. The molecule has 134 valence electrons. The molecule has 2 aromatic carbocycles. The third-order valence-electron chi connectivity index (χ3n) is 3.69. The van der Waals surface area contributed by atoms with Gasteiger partial charge in [0.25, 0.3) is 5.91 Å². The van der Waals surface area contributed by atoms with Crippen molar-refractivity contribution < 1.29 is 9.90 Å². The first-order chi connectivity index (χ1) is 12.4. The fraction of sp³-hybridized carbons (Fsp3) is 0.200. The molecule has 0 aliphatic carbocycles. The van der Waals surface area contributed by atoms with Gasteiger partial charge < -0.3 is 5.11 Å². The second-order valence-corrected chi connectivity index (χ2v) is 7.80. The quantitative estimate of drug-likeness (QED) is 0.725. The molecule has 4 nitrogen and oxygen atoms in total. The number of para-hydroxylation sites is 1. The highest BCUT2D eigenvalue weighted by atomic mass is 35.5. The molecule has 1 N–H and O–H groups in total. The standard InChI is InChI=1S/C20H19ClN2O2S/c1-13(2)12-23-19(25)18(11-14-10-15(21)8-9-17(14)24)26-20(23)22-16-6-4-3-5-7-16/h3-11,13,24H,12H2,1-2H3. The Kier molecular flexibility index (Phi) is 5.69. The van der Waals surface area contributed by atoms with Crippen molar-refractivity contribution in [3.63, 3.8) is 0 Å². The Hall–Kier alpha value is -2.24. The molecule has 1 fully saturated rings. The van der Waals surface area contributed by atoms with Crippen LogP contribution in [0.1, 0.15) is 19.4 Å². The number of phenols is 1. The van der Waals surface area contributed by atoms with E-state index in [9.17, 15) is 9.90 Å². The van der Waals surface area contributed by atoms with Crippen LogP contribution in [0.25, 0.3) is 6.08 Å². The zero-order valence-corrected chi connectivity index (χ0v) is 16.1. The average Bonchev–Trinajstić information content (AvgIpc) is 2.87. The first kappa shape index (κ1) is 18.5. The Morgan fingerprint density at radius 3 is 2.65 bits per heavy atom. The van der Waals surface area contributed by atoms with E-state index >= 15 is 0 Å². The largest absolute Gasteiger partial charge is 0.507 e. The van der Waals surface area contributed by atoms with E-state index in [4.69, 9.17) is 11.6 Å². The minimum atomic E-state index is -0.113. The van der Waals surface area contributed by atoms with Crippen LogP contribution in [0, 0.1) is 5.92 Å². The van der Waals surface area contributed by atoms with Gasteiger partial charge in [0.2, 0.25) is 0 Å². The molecule has 3 rings (SSSR count). The van der Waals surface area contributed by atoms with Gasteiger partial charge in [-0.05, 0) is 54.1 Å². The van der Waals surface area contributed by atoms with Crippen LogP contribution >= 0.6 is 23.4 Å². The lowest BCUT2D eigenvalue weighted by Gasteiger charge is -2.17. The summed E-state index contributed by atoms with van der Waals surface area (Å²) in [4.78, 5) is 19.7. The smallest absolute Gasteiger partial charge is 0.266 e. The fourth-order valence-electron chi connectivity index (χ4n) is 2.51. The molecule has 6 heteroatoms. The average molecular weight is 387 g/mol. The topological polar surface area (TPSA) is 52.9 Å². The number of amides is 1. The number of aromatic hydroxyl groups is 1. The van der Waals surface area contributed by atoms with E-state index in [2.05, 4.69) is 18.8 Å². The van der Waals surface area contributed by atoms with Crippen LogP contribution < -0.4 is 0 Å². The second-order valence-electron chi connectivity index (χ2n) is 6.35. The molecular formula is C20H19ClN2O2S. The van der Waals surface area contributed by atoms with Gasteiger partial charge in [-0.2, -0.15) is 0 Å². The van der Waals surface area contributed by atoms with Gasteiger partial charge in [0.15, 0.2) is 5.17 Å². The summed E-state index contributed by atoms with van der Waals surface area (Å²) in [6.07, 6.45) is 1.66. The Balaban J connectivity index is 1.98. The highest BCUT2D eigenvalue weighted by Crippen LogP contribution is 2.36. The maximum atomic E-state index is 12.9. The van der Waals surface area contributed by atoms with E-state index in [1.54, 1.807) is 23.1 Å². The molecule has 1 amide bonds. The van der Waals surface area contributed by atoms with Crippen molar-refractivity contribution >= 4 is 46.2 Å². The van der Waals surface area contributed by atoms with Crippen LogP contribution in [-0.2, 0) is 4.79 Å². The molecule has 1 saturated heterocycles. The van der Waals surface area contributed by atoms with Gasteiger partial charge in [-0.15, -0.1) is 0 Å². The van der Waals surface area contributed by atoms with Gasteiger partial charge in [0, 0.05) is 17.1 Å². The van der Waals surface area contributed by atoms with Crippen LogP contribution in [-0.4, -0.2) is 27.6 Å². The van der Waals surface area contributed by atoms with Crippen LogP contribution in [0.4, 0.5) is 5.69 Å². The number of amidine groups is 1. The van der Waals surface area contributed by atoms with Gasteiger partial charge in [0.1, 0.15) is 5.75 Å². The van der Waals surface area contributed by atoms with E-state index < -0.39 is 0 Å². The molecule has 0 aromatic heterocycles. The first-order valence-corrected chi connectivity index (χ1v) is 9.47. The molecule has 1 aliphatic heterocycles. The van der Waals surface area contributed by atoms with Crippen molar-refractivity contribution in [2.75, 3.05) is 6.54 Å². The monoisotopic (exact) mass is 386 g/mol. The summed E-state index contributed by atoms with van der Waals surface area (Å²) < 4.78 is 0. The lowest BCUT2D eigenvalue weighted by molar-refractivity contribution is -0.122. The number of phenolic OH excluding ortho intramolecular Hbond substituents is 1. The number of hydrogen-bond donors (Lipinski definition) is 1. The molecule has 0 bridgehead atoms. The normalized spacial score (nSPS) is 17.7. The van der Waals surface area contributed by atoms with Gasteiger partial charge in [-0.25, -0.2) is 4.99 Å². The van der Waals surface area contributed by atoms with Crippen molar-refractivity contribution in [1.29, 1.82) is 0 Å². The number of hydrogen-bond acceptors (Lipinski definition) is 4. The Morgan fingerprint density at radius 1 is 1.23 bits per heavy atom. The van der Waals surface area contributed by atoms with Gasteiger partial charge >= 0.3 is 0 Å². The number of halogens is 1. The molecule has 0 spiro atoms. The summed E-state index contributed by atoms with van der Waals surface area (Å²) in [5.41, 5.74) is 1.31. The minimum Gasteiger partial charge on any atom is -0.507 e. The third kappa shape index (κ3) is 4.29. The van der Waals surface area contributed by atoms with Crippen LogP contribution in [0.5, 0.6) is 5.75 Å². The number of thioether (sulfide) groups is 1. The number of aliphatic imine (C=N–C) groups is 1. The van der Waals surface area contributed by atoms with E-state index in [-0.39, 0.29) is 11.7 Å². The molecule has 0 saturated carbocycles. The number of carbonyl (C=O) groups is 1. The predicted molar refractivity (Wildman–Crippen MR) is 109 cm³/mol. The Labute approximate surface area is 162 Å². The van der Waals surface area contributed by atoms with Gasteiger partial charge in [-0.3, -0.25) is 9.69 Å². The van der Waals surface area contributed by atoms with Crippen molar-refractivity contribution in [3.8, 4) is 5.75 Å². The zero-order chi connectivity index (χ0) is 18.7. The molecular weight excluding hydrogens is 368 g/mol. The zero-order valence-electron chi connectivity index (χ0n) is 14.5. The highest BCUT2D eigenvalue weighted by Gasteiger charge is 2.33. The van der Waals surface area contributed by atoms with Gasteiger partial charge in [-0.1, -0.05) is 43.6 Å². The molecule has 0 unspecified atom stereocenters. The first-order valence-electron chi connectivity index (χ1n) is 8.27. The number of benzene rings is 2. The van der Waals surface area contributed by atoms with Crippen LogP contribution in [0.15, 0.2) is 58.4 Å². The fourth-order valence-corrected chi connectivity index (χ4v) is 3.69. The summed E-state index contributed by atoms with van der Waals surface area (Å²) in [6, 6.07) is 14.3. The number of carbonyl (C=O) groups excluding carboxylic acids is 1. The molecule has 26 heavy (non-hydrogen) atoms. The summed E-state index contributed by atoms with van der Waals surface area (Å²) in [5, 5.41) is 11.2. The van der Waals surface area contributed by atoms with E-state index in [1.807, 2.05) is 30.3 Å². The Bertz CT molecular complexity index is 879. The second kappa shape index (κ2) is 7.98. The lowest BCUT2D eigenvalue weighted by atomic mass is 10.1. The molecule has 2 aromatic rings. The third-order valence-corrected chi connectivity index (χ3v) is 4.93. The SMILES string of the molecule is CC(C)CN1C(=O)C(=Cc2cc(Cl)ccc2O)SC1=Nc1ccccc1. The summed E-state index contributed by atoms with van der Waals surface area (Å²) in [7, 11) is 0. The molecule has 1 aliphatic rings. The van der Waals surface area contributed by atoms with Crippen molar-refractivity contribution in [1.82, 2.24) is 4.90 Å². The van der Waals surface area contributed by atoms with Crippen LogP contribution in [0.2, 0.25) is 5.02 Å². The molecule has 1 heterocycles. The molecule has 0 radical (unpaired) electrons. The lowest BCUT2D eigenvalue weighted by Crippen LogP contribution is -2.32. The summed E-state index contributed by atoms with van der Waals surface area (Å²) in [5.74, 6) is 0.274. The van der Waals surface area contributed by atoms with Crippen LogP contribution in [0.3, 0.4) is 0 Å². The van der Waals surface area contributed by atoms with E-state index in [0.29, 0.717) is 33.1 Å². The number of rotatable bonds is 4.